The van der Waals surface area contributed by atoms with Gasteiger partial charge in [-0.15, -0.1) is 0 Å². The van der Waals surface area contributed by atoms with E-state index in [-0.39, 0.29) is 5.41 Å². The maximum absolute atomic E-state index is 2.67. The van der Waals surface area contributed by atoms with E-state index in [0.717, 1.165) is 11.8 Å². The molecule has 0 saturated heterocycles. The van der Waals surface area contributed by atoms with Gasteiger partial charge in [-0.05, 0) is 87.1 Å². The Hall–Kier alpha value is -2.61. The molecule has 2 saturated carbocycles. The van der Waals surface area contributed by atoms with Gasteiger partial charge in [0, 0.05) is 6.92 Å². The molecule has 0 amide bonds. The number of hydrogen-bond donors (Lipinski definition) is 0. The second-order valence-corrected chi connectivity index (χ2v) is 11.2. The van der Waals surface area contributed by atoms with Crippen molar-refractivity contribution in [2.75, 3.05) is 0 Å². The Kier molecular flexibility index (Phi) is 5.32. The molecule has 2 fully saturated rings. The monoisotopic (exact) mass is 451 g/mol. The minimum absolute atomic E-state index is 0.191. The van der Waals surface area contributed by atoms with Gasteiger partial charge in [0.15, 0.2) is 11.4 Å². The molecule has 1 aliphatic heterocycles. The number of para-hydroxylation sites is 1. The van der Waals surface area contributed by atoms with Crippen LogP contribution in [0.4, 0.5) is 0 Å². The second kappa shape index (κ2) is 8.26. The van der Waals surface area contributed by atoms with Gasteiger partial charge in [0.05, 0.1) is 17.2 Å². The minimum Gasteiger partial charge on any atom is -0.198 e. The molecule has 6 rings (SSSR count). The number of benzene rings is 2. The molecule has 0 atom stereocenters. The van der Waals surface area contributed by atoms with Crippen molar-refractivity contribution in [3.05, 3.63) is 76.6 Å². The van der Waals surface area contributed by atoms with Gasteiger partial charge in [-0.1, -0.05) is 62.1 Å². The summed E-state index contributed by atoms with van der Waals surface area (Å²) in [5.41, 5.74) is 9.98. The van der Waals surface area contributed by atoms with Crippen LogP contribution in [0, 0.1) is 39.5 Å². The summed E-state index contributed by atoms with van der Waals surface area (Å²) in [7, 11) is 0. The van der Waals surface area contributed by atoms with Gasteiger partial charge in [-0.2, -0.15) is 9.13 Å². The maximum Gasteiger partial charge on any atom is 0.299 e. The summed E-state index contributed by atoms with van der Waals surface area (Å²) in [5.74, 6) is 2.89. The van der Waals surface area contributed by atoms with Gasteiger partial charge < -0.3 is 0 Å². The molecule has 2 aliphatic carbocycles. The molecule has 3 aliphatic rings. The largest absolute Gasteiger partial charge is 0.299 e. The zero-order chi connectivity index (χ0) is 23.4. The Balaban J connectivity index is 1.70. The highest BCUT2D eigenvalue weighted by Crippen LogP contribution is 2.55. The number of fused-ring (bicyclic) bond motifs is 1. The summed E-state index contributed by atoms with van der Waals surface area (Å²) in [4.78, 5) is 0. The lowest BCUT2D eigenvalue weighted by Gasteiger charge is -2.38. The summed E-state index contributed by atoms with van der Waals surface area (Å²) in [6.07, 6.45) is 16.3. The van der Waals surface area contributed by atoms with Crippen LogP contribution in [0.3, 0.4) is 0 Å². The number of aromatic nitrogens is 2. The van der Waals surface area contributed by atoms with E-state index in [4.69, 9.17) is 0 Å². The number of allylic oxidation sites excluding steroid dienone is 1. The summed E-state index contributed by atoms with van der Waals surface area (Å²) in [6.45, 7) is 9.22. The summed E-state index contributed by atoms with van der Waals surface area (Å²) < 4.78 is 5.22. The van der Waals surface area contributed by atoms with E-state index in [9.17, 15) is 0 Å². The molecule has 3 aromatic rings. The molecule has 0 N–H and O–H groups in total. The first-order valence-corrected chi connectivity index (χ1v) is 13.5. The molecule has 176 valence electrons. The third-order valence-corrected chi connectivity index (χ3v) is 9.39. The number of imidazole rings is 1. The first-order valence-electron chi connectivity index (χ1n) is 13.5. The Bertz CT molecular complexity index is 1230. The smallest absolute Gasteiger partial charge is 0.198 e. The normalized spacial score (nSPS) is 19.9. The fraction of sp³-hybridized carbons (Fsp3) is 0.469. The van der Waals surface area contributed by atoms with Crippen molar-refractivity contribution in [2.24, 2.45) is 11.8 Å². The molecule has 2 heterocycles. The molecular weight excluding hydrogens is 412 g/mol. The predicted molar refractivity (Wildman–Crippen MR) is 141 cm³/mol. The van der Waals surface area contributed by atoms with Crippen molar-refractivity contribution in [3.63, 3.8) is 0 Å². The maximum atomic E-state index is 2.67. The van der Waals surface area contributed by atoms with Crippen molar-refractivity contribution < 1.29 is 4.57 Å². The lowest BCUT2D eigenvalue weighted by atomic mass is 9.63. The number of aryl methyl sites for hydroxylation is 3. The molecule has 2 nitrogen and oxygen atoms in total. The van der Waals surface area contributed by atoms with Crippen molar-refractivity contribution in [1.29, 1.82) is 0 Å². The van der Waals surface area contributed by atoms with Crippen LogP contribution in [0.2, 0.25) is 0 Å². The molecule has 2 heteroatoms. The van der Waals surface area contributed by atoms with Crippen LogP contribution < -0.4 is 4.57 Å². The van der Waals surface area contributed by atoms with E-state index in [1.54, 1.807) is 5.69 Å². The first-order chi connectivity index (χ1) is 16.5. The van der Waals surface area contributed by atoms with E-state index in [0.29, 0.717) is 0 Å². The number of hydrogen-bond acceptors (Lipinski definition) is 0. The van der Waals surface area contributed by atoms with E-state index in [2.05, 4.69) is 91.6 Å². The van der Waals surface area contributed by atoms with Gasteiger partial charge in [-0.3, -0.25) is 0 Å². The lowest BCUT2D eigenvalue weighted by Crippen LogP contribution is -2.43. The van der Waals surface area contributed by atoms with Crippen LogP contribution >= 0.6 is 0 Å². The zero-order valence-corrected chi connectivity index (χ0v) is 21.4. The second-order valence-electron chi connectivity index (χ2n) is 11.2. The molecule has 0 radical (unpaired) electrons. The predicted octanol–water partition coefficient (Wildman–Crippen LogP) is 7.77. The van der Waals surface area contributed by atoms with Gasteiger partial charge in [-0.25, -0.2) is 0 Å². The van der Waals surface area contributed by atoms with Crippen LogP contribution in [0.25, 0.3) is 23.3 Å². The zero-order valence-electron chi connectivity index (χ0n) is 21.4. The molecule has 0 bridgehead atoms. The Labute approximate surface area is 205 Å². The standard InChI is InChI=1S/C32H39N2/c1-22-12-5-10-19-28(22)34-25(4)30-32(26-15-6-7-16-26,27-17-8-9-18-27)20-21-33(30)31(34)29-23(2)13-11-14-24(29)3/h5,10-14,19-21,26-27H,6-9,15-18H2,1-4H3/q+1. The summed E-state index contributed by atoms with van der Waals surface area (Å²) >= 11 is 0. The molecular formula is C32H39N2+. The van der Waals surface area contributed by atoms with Crippen LogP contribution in [0.5, 0.6) is 0 Å². The first kappa shape index (κ1) is 21.9. The average Bonchev–Trinajstić information content (AvgIpc) is 3.62. The Morgan fingerprint density at radius 2 is 1.29 bits per heavy atom. The van der Waals surface area contributed by atoms with Gasteiger partial charge in [0.25, 0.3) is 5.82 Å². The van der Waals surface area contributed by atoms with Gasteiger partial charge >= 0.3 is 0 Å². The topological polar surface area (TPSA) is 8.81 Å². The molecule has 34 heavy (non-hydrogen) atoms. The third-order valence-electron chi connectivity index (χ3n) is 9.39. The average molecular weight is 452 g/mol. The van der Waals surface area contributed by atoms with Gasteiger partial charge in [0.2, 0.25) is 0 Å². The van der Waals surface area contributed by atoms with Crippen LogP contribution in [0.15, 0.2) is 48.5 Å². The molecule has 0 spiro atoms. The lowest BCUT2D eigenvalue weighted by molar-refractivity contribution is -0.563. The minimum atomic E-state index is 0.191. The van der Waals surface area contributed by atoms with Gasteiger partial charge in [0.1, 0.15) is 5.69 Å². The highest BCUT2D eigenvalue weighted by Gasteiger charge is 2.56. The van der Waals surface area contributed by atoms with Crippen LogP contribution in [-0.2, 0) is 5.41 Å². The number of nitrogens with zero attached hydrogens (tertiary/aromatic N) is 2. The fourth-order valence-corrected chi connectivity index (χ4v) is 7.90. The van der Waals surface area contributed by atoms with E-state index in [1.165, 1.54) is 90.8 Å². The van der Waals surface area contributed by atoms with Crippen molar-refractivity contribution in [1.82, 2.24) is 4.57 Å². The Morgan fingerprint density at radius 3 is 1.88 bits per heavy atom. The molecule has 2 aromatic carbocycles. The summed E-state index contributed by atoms with van der Waals surface area (Å²) in [5, 5.41) is 0. The summed E-state index contributed by atoms with van der Waals surface area (Å²) in [6, 6.07) is 15.7. The van der Waals surface area contributed by atoms with Crippen LogP contribution in [0.1, 0.15) is 79.4 Å². The fourth-order valence-electron chi connectivity index (χ4n) is 7.90. The molecule has 1 aromatic heterocycles. The van der Waals surface area contributed by atoms with Crippen molar-refractivity contribution in [2.45, 2.75) is 84.5 Å². The number of rotatable bonds is 4. The van der Waals surface area contributed by atoms with E-state index < -0.39 is 0 Å². The SMILES string of the molecule is Cc1ccccc1-n1c(C)c2[n+](c1-c1c(C)cccc1C)C=CC2(C1CCCC1)C1CCCC1. The Morgan fingerprint density at radius 1 is 0.735 bits per heavy atom. The van der Waals surface area contributed by atoms with Crippen LogP contribution in [-0.4, -0.2) is 4.57 Å². The highest BCUT2D eigenvalue weighted by molar-refractivity contribution is 5.68. The van der Waals surface area contributed by atoms with Crippen molar-refractivity contribution >= 4 is 6.20 Å². The third kappa shape index (κ3) is 3.03. The van der Waals surface area contributed by atoms with E-state index >= 15 is 0 Å². The molecule has 0 unspecified atom stereocenters. The van der Waals surface area contributed by atoms with E-state index in [1.807, 2.05) is 0 Å². The highest BCUT2D eigenvalue weighted by atomic mass is 15.2. The van der Waals surface area contributed by atoms with Crippen molar-refractivity contribution in [3.8, 4) is 17.1 Å². The quantitative estimate of drug-likeness (QED) is 0.358.